The average molecular weight is 316 g/mol. The summed E-state index contributed by atoms with van der Waals surface area (Å²) < 4.78 is 0. The van der Waals surface area contributed by atoms with E-state index in [2.05, 4.69) is 5.32 Å². The number of rotatable bonds is 5. The third-order valence-corrected chi connectivity index (χ3v) is 4.02. The molecule has 0 radical (unpaired) electrons. The summed E-state index contributed by atoms with van der Waals surface area (Å²) in [5, 5.41) is 2.89. The summed E-state index contributed by atoms with van der Waals surface area (Å²) in [4.78, 5) is 13.5. The van der Waals surface area contributed by atoms with Gasteiger partial charge in [-0.15, -0.1) is 11.8 Å². The predicted molar refractivity (Wildman–Crippen MR) is 91.7 cm³/mol. The van der Waals surface area contributed by atoms with E-state index in [0.29, 0.717) is 17.1 Å². The highest BCUT2D eigenvalue weighted by atomic mass is 32.2. The molecular formula is C16H16N2OS2. The van der Waals surface area contributed by atoms with Crippen molar-refractivity contribution in [3.63, 3.8) is 0 Å². The molecule has 0 heterocycles. The molecule has 1 amide bonds. The number of thiocarbonyl (C=S) groups is 1. The molecule has 0 fully saturated rings. The smallest absolute Gasteiger partial charge is 0.251 e. The fraction of sp³-hybridized carbons (Fsp3) is 0.125. The first-order valence-electron chi connectivity index (χ1n) is 6.41. The molecule has 0 saturated heterocycles. The Labute approximate surface area is 133 Å². The van der Waals surface area contributed by atoms with Crippen LogP contribution in [-0.2, 0) is 6.54 Å². The van der Waals surface area contributed by atoms with Crippen LogP contribution in [0.3, 0.4) is 0 Å². The van der Waals surface area contributed by atoms with E-state index in [1.165, 1.54) is 0 Å². The summed E-state index contributed by atoms with van der Waals surface area (Å²) in [6.07, 6.45) is 2.01. The molecule has 0 bridgehead atoms. The van der Waals surface area contributed by atoms with Crippen LogP contribution in [0.2, 0.25) is 0 Å². The summed E-state index contributed by atoms with van der Waals surface area (Å²) in [5.74, 6) is -0.0823. The van der Waals surface area contributed by atoms with E-state index in [1.54, 1.807) is 11.8 Å². The van der Waals surface area contributed by atoms with Crippen molar-refractivity contribution in [3.05, 3.63) is 65.2 Å². The van der Waals surface area contributed by atoms with Crippen LogP contribution < -0.4 is 11.1 Å². The normalized spacial score (nSPS) is 10.1. The number of carbonyl (C=O) groups excluding carboxylic acids is 1. The second-order valence-electron chi connectivity index (χ2n) is 4.47. The minimum Gasteiger partial charge on any atom is -0.389 e. The zero-order chi connectivity index (χ0) is 15.2. The number of nitrogens with one attached hydrogen (secondary N) is 1. The molecule has 0 unspecified atom stereocenters. The van der Waals surface area contributed by atoms with Crippen molar-refractivity contribution in [1.82, 2.24) is 5.32 Å². The Morgan fingerprint density at radius 1 is 1.10 bits per heavy atom. The fourth-order valence-corrected chi connectivity index (χ4v) is 2.36. The molecule has 5 heteroatoms. The molecule has 0 aromatic heterocycles. The van der Waals surface area contributed by atoms with Crippen molar-refractivity contribution in [2.24, 2.45) is 5.73 Å². The first-order chi connectivity index (χ1) is 10.1. The van der Waals surface area contributed by atoms with Gasteiger partial charge in [-0.05, 0) is 36.1 Å². The van der Waals surface area contributed by atoms with Crippen molar-refractivity contribution in [2.75, 3.05) is 6.26 Å². The minimum atomic E-state index is -0.0823. The molecule has 2 aromatic rings. The van der Waals surface area contributed by atoms with Gasteiger partial charge in [0.2, 0.25) is 0 Å². The molecular weight excluding hydrogens is 300 g/mol. The molecule has 3 nitrogen and oxygen atoms in total. The Kier molecular flexibility index (Phi) is 5.36. The first-order valence-corrected chi connectivity index (χ1v) is 8.04. The van der Waals surface area contributed by atoms with Gasteiger partial charge in [0.15, 0.2) is 0 Å². The number of nitrogens with two attached hydrogens (primary N) is 1. The third-order valence-electron chi connectivity index (χ3n) is 3.04. The number of amides is 1. The monoisotopic (exact) mass is 316 g/mol. The second kappa shape index (κ2) is 7.24. The number of thioether (sulfide) groups is 1. The van der Waals surface area contributed by atoms with Gasteiger partial charge in [-0.3, -0.25) is 4.79 Å². The maximum Gasteiger partial charge on any atom is 0.251 e. The molecule has 3 N–H and O–H groups in total. The molecule has 0 aliphatic heterocycles. The Bertz CT molecular complexity index is 636. The average Bonchev–Trinajstić information content (AvgIpc) is 2.53. The lowest BCUT2D eigenvalue weighted by Gasteiger charge is -2.07. The summed E-state index contributed by atoms with van der Waals surface area (Å²) in [7, 11) is 0. The summed E-state index contributed by atoms with van der Waals surface area (Å²) in [5.41, 5.74) is 8.04. The van der Waals surface area contributed by atoms with Gasteiger partial charge < -0.3 is 11.1 Å². The molecule has 2 aromatic carbocycles. The summed E-state index contributed by atoms with van der Waals surface area (Å²) in [6, 6.07) is 15.1. The number of benzene rings is 2. The van der Waals surface area contributed by atoms with E-state index < -0.39 is 0 Å². The summed E-state index contributed by atoms with van der Waals surface area (Å²) in [6.45, 7) is 0.473. The van der Waals surface area contributed by atoms with E-state index in [0.717, 1.165) is 16.0 Å². The lowest BCUT2D eigenvalue weighted by molar-refractivity contribution is 0.0951. The maximum atomic E-state index is 12.0. The van der Waals surface area contributed by atoms with E-state index in [-0.39, 0.29) is 5.91 Å². The minimum absolute atomic E-state index is 0.0823. The second-order valence-corrected chi connectivity index (χ2v) is 5.79. The van der Waals surface area contributed by atoms with E-state index >= 15 is 0 Å². The van der Waals surface area contributed by atoms with Crippen molar-refractivity contribution in [1.29, 1.82) is 0 Å². The lowest BCUT2D eigenvalue weighted by atomic mass is 10.1. The van der Waals surface area contributed by atoms with E-state index in [9.17, 15) is 4.79 Å². The molecule has 0 atom stereocenters. The Balaban J connectivity index is 1.95. The van der Waals surface area contributed by atoms with Gasteiger partial charge in [-0.25, -0.2) is 0 Å². The topological polar surface area (TPSA) is 55.1 Å². The van der Waals surface area contributed by atoms with Crippen LogP contribution in [0.15, 0.2) is 53.4 Å². The van der Waals surface area contributed by atoms with E-state index in [1.807, 2.05) is 54.8 Å². The largest absolute Gasteiger partial charge is 0.389 e. The number of hydrogen-bond donors (Lipinski definition) is 2. The highest BCUT2D eigenvalue weighted by Crippen LogP contribution is 2.14. The van der Waals surface area contributed by atoms with Crippen LogP contribution in [-0.4, -0.2) is 17.2 Å². The molecule has 0 aliphatic rings. The Hall–Kier alpha value is -1.85. The standard InChI is InChI=1S/C16H16N2OS2/c1-21-14-8-6-13(7-9-14)16(19)18-10-11-2-4-12(5-3-11)15(17)20/h2-9H,10H2,1H3,(H2,17,20)(H,18,19). The van der Waals surface area contributed by atoms with Gasteiger partial charge in [-0.1, -0.05) is 36.5 Å². The zero-order valence-corrected chi connectivity index (χ0v) is 13.3. The van der Waals surface area contributed by atoms with Gasteiger partial charge in [0, 0.05) is 22.6 Å². The number of hydrogen-bond acceptors (Lipinski definition) is 3. The first kappa shape index (κ1) is 15.5. The van der Waals surface area contributed by atoms with Crippen LogP contribution in [0.1, 0.15) is 21.5 Å². The predicted octanol–water partition coefficient (Wildman–Crippen LogP) is 2.97. The highest BCUT2D eigenvalue weighted by Gasteiger charge is 2.05. The molecule has 108 valence electrons. The van der Waals surface area contributed by atoms with Crippen LogP contribution in [0.25, 0.3) is 0 Å². The quantitative estimate of drug-likeness (QED) is 0.658. The van der Waals surface area contributed by atoms with Gasteiger partial charge >= 0.3 is 0 Å². The fourth-order valence-electron chi connectivity index (χ4n) is 1.81. The molecule has 2 rings (SSSR count). The van der Waals surface area contributed by atoms with Gasteiger partial charge in [0.25, 0.3) is 5.91 Å². The van der Waals surface area contributed by atoms with Crippen LogP contribution >= 0.6 is 24.0 Å². The zero-order valence-electron chi connectivity index (χ0n) is 11.6. The Morgan fingerprint density at radius 3 is 2.19 bits per heavy atom. The van der Waals surface area contributed by atoms with Crippen LogP contribution in [0, 0.1) is 0 Å². The number of carbonyl (C=O) groups is 1. The van der Waals surface area contributed by atoms with Crippen LogP contribution in [0.4, 0.5) is 0 Å². The lowest BCUT2D eigenvalue weighted by Crippen LogP contribution is -2.22. The highest BCUT2D eigenvalue weighted by molar-refractivity contribution is 7.98. The van der Waals surface area contributed by atoms with Crippen molar-refractivity contribution >= 4 is 34.9 Å². The maximum absolute atomic E-state index is 12.0. The van der Waals surface area contributed by atoms with Gasteiger partial charge in [0.05, 0.1) is 0 Å². The SMILES string of the molecule is CSc1ccc(C(=O)NCc2ccc(C(N)=S)cc2)cc1. The van der Waals surface area contributed by atoms with Crippen molar-refractivity contribution < 1.29 is 4.79 Å². The molecule has 0 spiro atoms. The molecule has 0 aliphatic carbocycles. The van der Waals surface area contributed by atoms with Crippen molar-refractivity contribution in [2.45, 2.75) is 11.4 Å². The third kappa shape index (κ3) is 4.31. The molecule has 21 heavy (non-hydrogen) atoms. The van der Waals surface area contributed by atoms with Crippen molar-refractivity contribution in [3.8, 4) is 0 Å². The van der Waals surface area contributed by atoms with Crippen LogP contribution in [0.5, 0.6) is 0 Å². The van der Waals surface area contributed by atoms with E-state index in [4.69, 9.17) is 18.0 Å². The molecule has 0 saturated carbocycles. The van der Waals surface area contributed by atoms with Gasteiger partial charge in [-0.2, -0.15) is 0 Å². The summed E-state index contributed by atoms with van der Waals surface area (Å²) >= 11 is 6.55. The Morgan fingerprint density at radius 2 is 1.67 bits per heavy atom. The van der Waals surface area contributed by atoms with Gasteiger partial charge in [0.1, 0.15) is 4.99 Å².